The van der Waals surface area contributed by atoms with Crippen LogP contribution in [0.5, 0.6) is 0 Å². The summed E-state index contributed by atoms with van der Waals surface area (Å²) in [5.41, 5.74) is -0.526. The van der Waals surface area contributed by atoms with Gasteiger partial charge in [-0.2, -0.15) is 0 Å². The Hall–Kier alpha value is -3.09. The first-order valence-electron chi connectivity index (χ1n) is 11.3. The van der Waals surface area contributed by atoms with Crippen molar-refractivity contribution in [1.29, 1.82) is 0 Å². The molecule has 2 unspecified atom stereocenters. The predicted octanol–water partition coefficient (Wildman–Crippen LogP) is 1.31. The average molecular weight is 477 g/mol. The predicted molar refractivity (Wildman–Crippen MR) is 128 cm³/mol. The van der Waals surface area contributed by atoms with Crippen LogP contribution in [0.3, 0.4) is 0 Å². The maximum absolute atomic E-state index is 13.0. The van der Waals surface area contributed by atoms with E-state index in [4.69, 9.17) is 20.6 Å². The van der Waals surface area contributed by atoms with Crippen molar-refractivity contribution < 1.29 is 33.7 Å². The highest BCUT2D eigenvalue weighted by molar-refractivity contribution is 6.04. The number of aliphatic hydroxyl groups excluding tert-OH is 1. The van der Waals surface area contributed by atoms with E-state index in [1.807, 2.05) is 24.1 Å². The number of terminal acetylenes is 1. The number of nitrogens with zero attached hydrogens (tertiary/aromatic N) is 1. The number of benzene rings is 1. The van der Waals surface area contributed by atoms with Gasteiger partial charge in [0.15, 0.2) is 0 Å². The average Bonchev–Trinajstić information content (AvgIpc) is 2.84. The van der Waals surface area contributed by atoms with Crippen LogP contribution in [-0.4, -0.2) is 75.1 Å². The Labute approximate surface area is 201 Å². The van der Waals surface area contributed by atoms with Crippen LogP contribution in [-0.2, 0) is 35.0 Å². The van der Waals surface area contributed by atoms with Gasteiger partial charge in [0.25, 0.3) is 5.60 Å². The third kappa shape index (κ3) is 8.36. The molecule has 2 N–H and O–H groups in total. The Morgan fingerprint density at radius 3 is 2.29 bits per heavy atom. The molecule has 0 aliphatic rings. The molecular weight excluding hydrogens is 440 g/mol. The van der Waals surface area contributed by atoms with E-state index in [-0.39, 0.29) is 26.2 Å². The Morgan fingerprint density at radius 1 is 1.21 bits per heavy atom. The SMILES string of the molecule is C#CC(C)C(O)COC(Cc1ccc(N(C)CCCNC=O)cc1)(C(=O)OCC)C(=O)OCC. The molecule has 0 aromatic heterocycles. The van der Waals surface area contributed by atoms with Crippen molar-refractivity contribution in [3.63, 3.8) is 0 Å². The lowest BCUT2D eigenvalue weighted by atomic mass is 9.93. The van der Waals surface area contributed by atoms with Gasteiger partial charge in [0, 0.05) is 38.2 Å². The Morgan fingerprint density at radius 2 is 1.79 bits per heavy atom. The van der Waals surface area contributed by atoms with E-state index in [2.05, 4.69) is 11.2 Å². The van der Waals surface area contributed by atoms with Crippen LogP contribution in [0.25, 0.3) is 0 Å². The Kier molecular flexibility index (Phi) is 12.7. The Balaban J connectivity index is 3.15. The molecule has 34 heavy (non-hydrogen) atoms. The zero-order valence-corrected chi connectivity index (χ0v) is 20.4. The quantitative estimate of drug-likeness (QED) is 0.121. The monoisotopic (exact) mass is 476 g/mol. The van der Waals surface area contributed by atoms with Gasteiger partial charge in [-0.1, -0.05) is 12.1 Å². The van der Waals surface area contributed by atoms with Gasteiger partial charge in [0.2, 0.25) is 6.41 Å². The van der Waals surface area contributed by atoms with E-state index in [1.165, 1.54) is 0 Å². The van der Waals surface area contributed by atoms with Gasteiger partial charge < -0.3 is 29.5 Å². The molecule has 0 bridgehead atoms. The van der Waals surface area contributed by atoms with Gasteiger partial charge in [-0.25, -0.2) is 9.59 Å². The summed E-state index contributed by atoms with van der Waals surface area (Å²) in [5.74, 6) is 0.0849. The number of carbonyl (C=O) groups excluding carboxylic acids is 3. The van der Waals surface area contributed by atoms with E-state index in [9.17, 15) is 19.5 Å². The molecule has 0 heterocycles. The molecule has 1 amide bonds. The van der Waals surface area contributed by atoms with E-state index < -0.39 is 29.6 Å². The molecule has 1 aromatic rings. The Bertz CT molecular complexity index is 802. The zero-order chi connectivity index (χ0) is 25.6. The second-order valence-corrected chi connectivity index (χ2v) is 7.79. The fourth-order valence-electron chi connectivity index (χ4n) is 3.14. The molecule has 0 radical (unpaired) electrons. The maximum atomic E-state index is 13.0. The van der Waals surface area contributed by atoms with Crippen molar-refractivity contribution >= 4 is 24.0 Å². The number of rotatable bonds is 16. The number of hydrogen-bond acceptors (Lipinski definition) is 8. The van der Waals surface area contributed by atoms with E-state index in [1.54, 1.807) is 32.9 Å². The lowest BCUT2D eigenvalue weighted by Crippen LogP contribution is -2.54. The molecule has 188 valence electrons. The number of hydrogen-bond donors (Lipinski definition) is 2. The van der Waals surface area contributed by atoms with Gasteiger partial charge in [-0.05, 0) is 44.9 Å². The molecule has 0 fully saturated rings. The molecule has 9 heteroatoms. The lowest BCUT2D eigenvalue weighted by Gasteiger charge is -2.31. The van der Waals surface area contributed by atoms with Gasteiger partial charge in [-0.15, -0.1) is 12.3 Å². The second kappa shape index (κ2) is 14.9. The number of amides is 1. The highest BCUT2D eigenvalue weighted by atomic mass is 16.6. The number of carbonyl (C=O) groups is 3. The van der Waals surface area contributed by atoms with Crippen molar-refractivity contribution in [1.82, 2.24) is 5.32 Å². The zero-order valence-electron chi connectivity index (χ0n) is 20.4. The summed E-state index contributed by atoms with van der Waals surface area (Å²) >= 11 is 0. The standard InChI is InChI=1S/C25H36N2O7/c1-6-19(4)22(29)17-34-25(23(30)32-7-2,24(31)33-8-3)16-20-10-12-21(13-11-20)27(5)15-9-14-26-18-28/h1,10-13,18-19,22,29H,7-9,14-17H2,2-5H3,(H,26,28). The fraction of sp³-hybridized carbons (Fsp3) is 0.560. The molecule has 1 aromatic carbocycles. The van der Waals surface area contributed by atoms with Gasteiger partial charge in [-0.3, -0.25) is 4.79 Å². The highest BCUT2D eigenvalue weighted by Crippen LogP contribution is 2.25. The van der Waals surface area contributed by atoms with Crippen LogP contribution >= 0.6 is 0 Å². The molecule has 1 rings (SSSR count). The summed E-state index contributed by atoms with van der Waals surface area (Å²) in [6, 6.07) is 7.29. The normalized spacial score (nSPS) is 12.7. The summed E-state index contributed by atoms with van der Waals surface area (Å²) in [7, 11) is 1.93. The minimum Gasteiger partial charge on any atom is -0.463 e. The van der Waals surface area contributed by atoms with Gasteiger partial charge in [0.05, 0.1) is 25.9 Å². The topological polar surface area (TPSA) is 114 Å². The first kappa shape index (κ1) is 28.9. The summed E-state index contributed by atoms with van der Waals surface area (Å²) in [4.78, 5) is 38.3. The second-order valence-electron chi connectivity index (χ2n) is 7.79. The molecule has 0 spiro atoms. The first-order valence-corrected chi connectivity index (χ1v) is 11.3. The smallest absolute Gasteiger partial charge is 0.350 e. The number of ether oxygens (including phenoxy) is 3. The molecule has 0 saturated carbocycles. The maximum Gasteiger partial charge on any atom is 0.350 e. The van der Waals surface area contributed by atoms with Crippen LogP contribution in [0.2, 0.25) is 0 Å². The van der Waals surface area contributed by atoms with Crippen LogP contribution in [0.1, 0.15) is 32.8 Å². The molecule has 0 aliphatic carbocycles. The van der Waals surface area contributed by atoms with E-state index in [0.717, 1.165) is 18.7 Å². The summed E-state index contributed by atoms with van der Waals surface area (Å²) in [5, 5.41) is 12.9. The lowest BCUT2D eigenvalue weighted by molar-refractivity contribution is -0.194. The largest absolute Gasteiger partial charge is 0.463 e. The van der Waals surface area contributed by atoms with Crippen LogP contribution in [0.15, 0.2) is 24.3 Å². The third-order valence-corrected chi connectivity index (χ3v) is 5.28. The summed E-state index contributed by atoms with van der Waals surface area (Å²) in [6.07, 6.45) is 5.58. The van der Waals surface area contributed by atoms with Crippen LogP contribution in [0, 0.1) is 18.3 Å². The molecule has 0 saturated heterocycles. The molecular formula is C25H36N2O7. The molecule has 0 aliphatic heterocycles. The minimum atomic E-state index is -2.09. The van der Waals surface area contributed by atoms with Crippen molar-refractivity contribution in [3.05, 3.63) is 29.8 Å². The van der Waals surface area contributed by atoms with E-state index >= 15 is 0 Å². The molecule has 2 atom stereocenters. The number of anilines is 1. The van der Waals surface area contributed by atoms with Crippen molar-refractivity contribution in [3.8, 4) is 12.3 Å². The van der Waals surface area contributed by atoms with Gasteiger partial charge in [0.1, 0.15) is 0 Å². The number of nitrogens with one attached hydrogen (secondary N) is 1. The van der Waals surface area contributed by atoms with Gasteiger partial charge >= 0.3 is 11.9 Å². The van der Waals surface area contributed by atoms with E-state index in [0.29, 0.717) is 18.5 Å². The van der Waals surface area contributed by atoms with Crippen molar-refractivity contribution in [2.75, 3.05) is 44.9 Å². The van der Waals surface area contributed by atoms with Crippen LogP contribution < -0.4 is 10.2 Å². The summed E-state index contributed by atoms with van der Waals surface area (Å²) < 4.78 is 16.1. The first-order chi connectivity index (χ1) is 16.2. The number of aliphatic hydroxyl groups is 1. The minimum absolute atomic E-state index is 0.0371. The van der Waals surface area contributed by atoms with Crippen LogP contribution in [0.4, 0.5) is 5.69 Å². The fourth-order valence-corrected chi connectivity index (χ4v) is 3.14. The third-order valence-electron chi connectivity index (χ3n) is 5.28. The summed E-state index contributed by atoms with van der Waals surface area (Å²) in [6.45, 7) is 5.91. The highest BCUT2D eigenvalue weighted by Gasteiger charge is 2.51. The van der Waals surface area contributed by atoms with Crippen molar-refractivity contribution in [2.45, 2.75) is 45.3 Å². The molecule has 9 nitrogen and oxygen atoms in total. The number of esters is 2. The van der Waals surface area contributed by atoms with Crippen molar-refractivity contribution in [2.24, 2.45) is 5.92 Å².